The Morgan fingerprint density at radius 3 is 1.57 bits per heavy atom. The lowest BCUT2D eigenvalue weighted by Gasteiger charge is -2.03. The first kappa shape index (κ1) is 30.5. The van der Waals surface area contributed by atoms with Crippen LogP contribution in [0.25, 0.3) is 31.3 Å². The minimum Gasteiger partial charge on any atom is -0.399 e. The van der Waals surface area contributed by atoms with Crippen molar-refractivity contribution in [3.8, 4) is 11.1 Å². The van der Waals surface area contributed by atoms with Crippen LogP contribution in [0.2, 0.25) is 0 Å². The fourth-order valence-electron chi connectivity index (χ4n) is 2.71. The van der Waals surface area contributed by atoms with Crippen LogP contribution in [0.15, 0.2) is 66.7 Å². The molecule has 0 amide bonds. The van der Waals surface area contributed by atoms with E-state index in [1.807, 2.05) is 23.5 Å². The molecular formula is C18H13NS16. The number of hydrogen-bond donors (Lipinski definition) is 1. The van der Waals surface area contributed by atoms with Crippen molar-refractivity contribution in [2.24, 2.45) is 0 Å². The van der Waals surface area contributed by atoms with Crippen molar-refractivity contribution in [1.82, 2.24) is 0 Å². The van der Waals surface area contributed by atoms with E-state index in [0.29, 0.717) is 0 Å². The Morgan fingerprint density at radius 1 is 0.514 bits per heavy atom. The number of anilines is 1. The van der Waals surface area contributed by atoms with Gasteiger partial charge in [0, 0.05) is 164 Å². The second-order valence-electron chi connectivity index (χ2n) is 5.82. The average Bonchev–Trinajstić information content (AvgIpc) is 3.26. The molecule has 1 aromatic heterocycles. The number of rotatable bonds is 1. The largest absolute Gasteiger partial charge is 0.399 e. The number of nitrogens with two attached hydrogens (primary N) is 1. The maximum atomic E-state index is 5.75. The van der Waals surface area contributed by atoms with Crippen molar-refractivity contribution in [3.05, 3.63) is 66.7 Å². The normalized spacial score (nSPS) is 9.49. The van der Waals surface area contributed by atoms with E-state index in [1.165, 1.54) is 49.1 Å². The van der Waals surface area contributed by atoms with Crippen LogP contribution in [0.1, 0.15) is 0 Å². The SMILES string of the molecule is Nc1ccc(-c2ccc3sc4ccccc4c3c2)cc1.S=S=S=S=S=S=S=S=S=S=S=S=S=S=S. The Bertz CT molecular complexity index is 1850. The van der Waals surface area contributed by atoms with E-state index in [9.17, 15) is 0 Å². The molecular weight excluding hydrogens is 743 g/mol. The van der Waals surface area contributed by atoms with Gasteiger partial charge < -0.3 is 5.73 Å². The molecule has 0 aliphatic heterocycles. The first-order chi connectivity index (χ1) is 17.2. The van der Waals surface area contributed by atoms with Gasteiger partial charge in [-0.3, -0.25) is 0 Å². The van der Waals surface area contributed by atoms with Gasteiger partial charge in [0.05, 0.1) is 0 Å². The second-order valence-corrected chi connectivity index (χ2v) is 29.9. The molecule has 0 aliphatic rings. The molecule has 0 bridgehead atoms. The molecule has 0 fully saturated rings. The molecule has 0 saturated carbocycles. The first-order valence-corrected chi connectivity index (χ1v) is 28.4. The lowest BCUT2D eigenvalue weighted by Crippen LogP contribution is -1.83. The van der Waals surface area contributed by atoms with Crippen LogP contribution in [0.4, 0.5) is 5.69 Å². The summed E-state index contributed by atoms with van der Waals surface area (Å²) in [6.45, 7) is 0. The third kappa shape index (κ3) is 10.9. The summed E-state index contributed by atoms with van der Waals surface area (Å²) in [6.07, 6.45) is 0. The average molecular weight is 756 g/mol. The summed E-state index contributed by atoms with van der Waals surface area (Å²) in [7, 11) is 21.7. The highest BCUT2D eigenvalue weighted by Crippen LogP contribution is 2.36. The number of benzene rings is 3. The summed E-state index contributed by atoms with van der Waals surface area (Å²) >= 11 is 11.3. The molecule has 0 aliphatic carbocycles. The Morgan fingerprint density at radius 2 is 1.00 bits per heavy atom. The number of thiophene rings is 1. The van der Waals surface area contributed by atoms with Gasteiger partial charge >= 0.3 is 0 Å². The lowest BCUT2D eigenvalue weighted by molar-refractivity contribution is 1.64. The Labute approximate surface area is 254 Å². The van der Waals surface area contributed by atoms with Gasteiger partial charge in [-0.1, -0.05) is 36.4 Å². The number of hydrogen-bond acceptors (Lipinski definition) is 4. The summed E-state index contributed by atoms with van der Waals surface area (Å²) in [5.74, 6) is 0. The third-order valence-electron chi connectivity index (χ3n) is 3.95. The van der Waals surface area contributed by atoms with E-state index in [4.69, 9.17) is 28.1 Å². The summed E-state index contributed by atoms with van der Waals surface area (Å²) in [5.41, 5.74) is 9.00. The Hall–Kier alpha value is 0.980. The summed E-state index contributed by atoms with van der Waals surface area (Å²) in [6, 6.07) is 23.3. The molecule has 0 saturated heterocycles. The zero-order chi connectivity index (χ0) is 24.7. The molecule has 17 heteroatoms. The topological polar surface area (TPSA) is 26.0 Å². The second kappa shape index (κ2) is 18.3. The van der Waals surface area contributed by atoms with Gasteiger partial charge in [0.1, 0.15) is 0 Å². The molecule has 0 radical (unpaired) electrons. The molecule has 1 nitrogen and oxygen atoms in total. The van der Waals surface area contributed by atoms with Crippen molar-refractivity contribution in [2.75, 3.05) is 5.73 Å². The highest BCUT2D eigenvalue weighted by molar-refractivity contribution is 8.76. The fraction of sp³-hybridized carbons (Fsp3) is 0. The van der Waals surface area contributed by atoms with Crippen LogP contribution in [0.5, 0.6) is 0 Å². The maximum Gasteiger partial charge on any atom is 0.0355 e. The van der Waals surface area contributed by atoms with Gasteiger partial charge in [0.25, 0.3) is 0 Å². The molecule has 0 unspecified atom stereocenters. The Kier molecular flexibility index (Phi) is 16.0. The van der Waals surface area contributed by atoms with Crippen LogP contribution in [-0.2, 0) is 138 Å². The lowest BCUT2D eigenvalue weighted by atomic mass is 10.0. The van der Waals surface area contributed by atoms with E-state index < -0.39 is 0 Å². The highest BCUT2D eigenvalue weighted by atomic mass is 33.5. The molecule has 2 N–H and O–H groups in total. The molecule has 4 rings (SSSR count). The van der Waals surface area contributed by atoms with Crippen LogP contribution in [0, 0.1) is 0 Å². The van der Waals surface area contributed by atoms with E-state index in [2.05, 4.69) is 54.6 Å². The smallest absolute Gasteiger partial charge is 0.0355 e. The van der Waals surface area contributed by atoms with Gasteiger partial charge in [-0.15, -0.1) is 11.3 Å². The fourth-order valence-corrected chi connectivity index (χ4v) is 34.0. The zero-order valence-corrected chi connectivity index (χ0v) is 30.0. The van der Waals surface area contributed by atoms with Crippen molar-refractivity contribution >= 4 is 175 Å². The minimum atomic E-state index is 0.802. The molecule has 0 spiro atoms. The van der Waals surface area contributed by atoms with Crippen LogP contribution in [-0.4, -0.2) is 0 Å². The summed E-state index contributed by atoms with van der Waals surface area (Å²) in [4.78, 5) is 0. The van der Waals surface area contributed by atoms with Gasteiger partial charge in [-0.2, -0.15) is 0 Å². The maximum absolute atomic E-state index is 5.75. The first-order valence-electron chi connectivity index (χ1n) is 8.92. The Balaban J connectivity index is 0.000000207. The predicted molar refractivity (Wildman–Crippen MR) is 200 cm³/mol. The zero-order valence-electron chi connectivity index (χ0n) is 17.0. The van der Waals surface area contributed by atoms with Gasteiger partial charge in [0.2, 0.25) is 0 Å². The van der Waals surface area contributed by atoms with E-state index >= 15 is 0 Å². The van der Waals surface area contributed by atoms with E-state index in [0.717, 1.165) is 5.69 Å². The van der Waals surface area contributed by atoms with Crippen LogP contribution < -0.4 is 5.73 Å². The highest BCUT2D eigenvalue weighted by Gasteiger charge is 2.06. The third-order valence-corrected chi connectivity index (χ3v) is 31.8. The summed E-state index contributed by atoms with van der Waals surface area (Å²) in [5, 5.41) is 2.67. The van der Waals surface area contributed by atoms with Crippen molar-refractivity contribution in [2.45, 2.75) is 0 Å². The van der Waals surface area contributed by atoms with Crippen molar-refractivity contribution in [1.29, 1.82) is 0 Å². The minimum absolute atomic E-state index is 0.802. The monoisotopic (exact) mass is 755 g/mol. The van der Waals surface area contributed by atoms with Gasteiger partial charge in [-0.05, 0) is 41.5 Å². The van der Waals surface area contributed by atoms with E-state index in [-0.39, 0.29) is 0 Å². The summed E-state index contributed by atoms with van der Waals surface area (Å²) < 4.78 is 2.68. The van der Waals surface area contributed by atoms with Crippen LogP contribution >= 0.6 is 11.3 Å². The molecule has 35 heavy (non-hydrogen) atoms. The molecule has 4 aromatic rings. The standard InChI is InChI=1S/C18H13NS.S15/c19-14-8-5-12(6-9-14)13-7-10-18-16(11-13)15-3-1-2-4-17(15)20-18;1-3-5-7-9-11-13-15-14-12-10-8-6-4-2/h1-11H,19H2;. The quantitative estimate of drug-likeness (QED) is 0.269. The molecule has 1 heterocycles. The molecule has 0 atom stereocenters. The number of nitrogen functional groups attached to an aromatic ring is 1. The predicted octanol–water partition coefficient (Wildman–Crippen LogP) is 5.27. The van der Waals surface area contributed by atoms with Crippen molar-refractivity contribution in [3.63, 3.8) is 0 Å². The van der Waals surface area contributed by atoms with Crippen molar-refractivity contribution < 1.29 is 0 Å². The molecule has 3 aromatic carbocycles. The number of fused-ring (bicyclic) bond motifs is 3. The van der Waals surface area contributed by atoms with Gasteiger partial charge in [0.15, 0.2) is 0 Å². The molecule has 186 valence electrons. The van der Waals surface area contributed by atoms with Gasteiger partial charge in [-0.25, -0.2) is 0 Å². The van der Waals surface area contributed by atoms with Crippen LogP contribution in [0.3, 0.4) is 0 Å². The van der Waals surface area contributed by atoms with E-state index in [1.54, 1.807) is 97.7 Å².